The van der Waals surface area contributed by atoms with Crippen LogP contribution in [0, 0.1) is 13.8 Å². The molecule has 0 fully saturated rings. The Kier molecular flexibility index (Phi) is 6.83. The third-order valence-electron chi connectivity index (χ3n) is 10.8. The normalized spacial score (nSPS) is 20.7. The number of fused-ring (bicyclic) bond motifs is 2. The summed E-state index contributed by atoms with van der Waals surface area (Å²) in [5.41, 5.74) is 12.2. The molecule has 2 nitrogen and oxygen atoms in total. The molecule has 0 aliphatic heterocycles. The van der Waals surface area contributed by atoms with Crippen LogP contribution in [0.25, 0.3) is 22.3 Å². The number of benzene rings is 4. The number of hydrogen-bond donors (Lipinski definition) is 0. The maximum Gasteiger partial charge on any atom is 0.107 e. The number of furan rings is 2. The highest BCUT2D eigenvalue weighted by Gasteiger charge is 2.54. The van der Waals surface area contributed by atoms with Crippen LogP contribution in [-0.2, 0) is 12.8 Å². The molecule has 224 valence electrons. The van der Waals surface area contributed by atoms with Crippen molar-refractivity contribution in [1.29, 1.82) is 0 Å². The Balaban J connectivity index is 1.33. The molecule has 4 aromatic carbocycles. The second-order valence-corrected chi connectivity index (χ2v) is 18.7. The largest absolute Gasteiger partial charge is 0.466 e. The third kappa shape index (κ3) is 4.68. The van der Waals surface area contributed by atoms with Crippen LogP contribution in [0.3, 0.4) is 0 Å². The second-order valence-electron chi connectivity index (χ2n) is 13.8. The van der Waals surface area contributed by atoms with E-state index in [-0.39, 0.29) is 0 Å². The van der Waals surface area contributed by atoms with E-state index >= 15 is 0 Å². The van der Waals surface area contributed by atoms with Gasteiger partial charge in [0.15, 0.2) is 0 Å². The average molecular weight is 605 g/mol. The van der Waals surface area contributed by atoms with Gasteiger partial charge < -0.3 is 8.83 Å². The van der Waals surface area contributed by atoms with E-state index in [9.17, 15) is 0 Å². The van der Waals surface area contributed by atoms with Gasteiger partial charge in [-0.3, -0.25) is 0 Å². The van der Waals surface area contributed by atoms with E-state index in [0.29, 0.717) is 22.9 Å². The van der Waals surface area contributed by atoms with E-state index < -0.39 is 8.07 Å². The summed E-state index contributed by atoms with van der Waals surface area (Å²) >= 11 is 0. The summed E-state index contributed by atoms with van der Waals surface area (Å²) in [5, 5.41) is 0. The molecule has 4 unspecified atom stereocenters. The van der Waals surface area contributed by atoms with Crippen LogP contribution in [0.4, 0.5) is 0 Å². The standard InChI is InChI=1S/C42H40O2Si/c1-27-21-23-39(43-27)37-25-35-31(29-13-7-5-8-14-29)17-11-19-33(35)41(37)45(3,4)42-34-20-12-18-32(30-15-9-6-10-16-30)36(34)26-38(42)40-24-22-28(2)44-40/h5-24,37-38,41-42H,25-26H2,1-4H3. The SMILES string of the molecule is Cc1ccc(C2Cc3c(-c4ccccc4)cccc3C2[Si](C)(C)C2c3cccc(-c4ccccc4)c3CC2c2ccc(C)o2)o1. The minimum atomic E-state index is -2.18. The Bertz CT molecular complexity index is 1840. The van der Waals surface area contributed by atoms with E-state index in [0.717, 1.165) is 35.9 Å². The minimum Gasteiger partial charge on any atom is -0.466 e. The van der Waals surface area contributed by atoms with Crippen molar-refractivity contribution in [2.45, 2.75) is 62.7 Å². The van der Waals surface area contributed by atoms with Gasteiger partial charge in [0.1, 0.15) is 23.0 Å². The molecule has 0 saturated carbocycles. The van der Waals surface area contributed by atoms with Gasteiger partial charge in [0, 0.05) is 11.8 Å². The summed E-state index contributed by atoms with van der Waals surface area (Å²) in [5.74, 6) is 4.86. The quantitative estimate of drug-likeness (QED) is 0.177. The highest BCUT2D eigenvalue weighted by molar-refractivity contribution is 6.80. The number of aryl methyl sites for hydroxylation is 2. The van der Waals surface area contributed by atoms with Crippen molar-refractivity contribution in [1.82, 2.24) is 0 Å². The average Bonchev–Trinajstić information content (AvgIpc) is 3.85. The van der Waals surface area contributed by atoms with E-state index in [1.165, 1.54) is 44.5 Å². The minimum absolute atomic E-state index is 0.306. The Morgan fingerprint density at radius 1 is 0.489 bits per heavy atom. The molecule has 2 heterocycles. The molecule has 0 N–H and O–H groups in total. The zero-order valence-corrected chi connectivity index (χ0v) is 27.6. The Morgan fingerprint density at radius 3 is 1.29 bits per heavy atom. The molecule has 4 atom stereocenters. The lowest BCUT2D eigenvalue weighted by Crippen LogP contribution is -2.45. The maximum atomic E-state index is 6.50. The van der Waals surface area contributed by atoms with E-state index in [2.05, 4.69) is 148 Å². The van der Waals surface area contributed by atoms with Crippen LogP contribution in [0.5, 0.6) is 0 Å². The first-order valence-electron chi connectivity index (χ1n) is 16.4. The van der Waals surface area contributed by atoms with Crippen LogP contribution in [0.2, 0.25) is 13.1 Å². The highest BCUT2D eigenvalue weighted by atomic mass is 28.3. The molecule has 3 heteroatoms. The Labute approximate surface area is 267 Å². The summed E-state index contributed by atoms with van der Waals surface area (Å²) < 4.78 is 13.0. The van der Waals surface area contributed by atoms with Gasteiger partial charge in [-0.1, -0.05) is 110 Å². The lowest BCUT2D eigenvalue weighted by Gasteiger charge is -2.42. The molecule has 0 radical (unpaired) electrons. The van der Waals surface area contributed by atoms with Gasteiger partial charge in [-0.05, 0) is 107 Å². The molecule has 2 aromatic heterocycles. The molecule has 0 bridgehead atoms. The van der Waals surface area contributed by atoms with Crippen molar-refractivity contribution in [3.63, 3.8) is 0 Å². The van der Waals surface area contributed by atoms with Crippen LogP contribution in [-0.4, -0.2) is 8.07 Å². The summed E-state index contributed by atoms with van der Waals surface area (Å²) in [6.45, 7) is 9.46. The lowest BCUT2D eigenvalue weighted by atomic mass is 9.96. The first-order valence-corrected chi connectivity index (χ1v) is 19.5. The van der Waals surface area contributed by atoms with Crippen LogP contribution in [0.15, 0.2) is 130 Å². The Hall–Kier alpha value is -4.34. The maximum absolute atomic E-state index is 6.50. The van der Waals surface area contributed by atoms with Crippen LogP contribution >= 0.6 is 0 Å². The summed E-state index contributed by atoms with van der Waals surface area (Å²) in [7, 11) is -2.18. The zero-order valence-electron chi connectivity index (χ0n) is 26.6. The van der Waals surface area contributed by atoms with E-state index in [1.54, 1.807) is 0 Å². The lowest BCUT2D eigenvalue weighted by molar-refractivity contribution is 0.429. The Morgan fingerprint density at radius 2 is 0.911 bits per heavy atom. The summed E-state index contributed by atoms with van der Waals surface area (Å²) in [6, 6.07) is 44.7. The van der Waals surface area contributed by atoms with Crippen molar-refractivity contribution in [3.8, 4) is 22.3 Å². The molecule has 2 aliphatic carbocycles. The van der Waals surface area contributed by atoms with Crippen molar-refractivity contribution in [3.05, 3.63) is 167 Å². The van der Waals surface area contributed by atoms with Crippen molar-refractivity contribution < 1.29 is 8.83 Å². The van der Waals surface area contributed by atoms with Crippen molar-refractivity contribution >= 4 is 8.07 Å². The van der Waals surface area contributed by atoms with Gasteiger partial charge in [0.2, 0.25) is 0 Å². The smallest absolute Gasteiger partial charge is 0.107 e. The molecule has 6 aromatic rings. The third-order valence-corrected chi connectivity index (χ3v) is 15.4. The monoisotopic (exact) mass is 604 g/mol. The molecule has 2 aliphatic rings. The van der Waals surface area contributed by atoms with Gasteiger partial charge >= 0.3 is 0 Å². The van der Waals surface area contributed by atoms with Gasteiger partial charge in [-0.15, -0.1) is 0 Å². The van der Waals surface area contributed by atoms with Crippen LogP contribution in [0.1, 0.15) is 68.2 Å². The van der Waals surface area contributed by atoms with Gasteiger partial charge in [0.25, 0.3) is 0 Å². The number of rotatable bonds is 6. The molecule has 8 rings (SSSR count). The van der Waals surface area contributed by atoms with Gasteiger partial charge in [0.05, 0.1) is 8.07 Å². The molecule has 0 saturated heterocycles. The first kappa shape index (κ1) is 28.2. The highest BCUT2D eigenvalue weighted by Crippen LogP contribution is 2.60. The summed E-state index contributed by atoms with van der Waals surface area (Å²) in [6.07, 6.45) is 2.01. The van der Waals surface area contributed by atoms with Gasteiger partial charge in [-0.25, -0.2) is 0 Å². The molecular weight excluding hydrogens is 565 g/mol. The molecular formula is C42H40O2Si. The van der Waals surface area contributed by atoms with Gasteiger partial charge in [-0.2, -0.15) is 0 Å². The topological polar surface area (TPSA) is 26.3 Å². The summed E-state index contributed by atoms with van der Waals surface area (Å²) in [4.78, 5) is 0. The molecule has 45 heavy (non-hydrogen) atoms. The molecule has 0 spiro atoms. The predicted octanol–water partition coefficient (Wildman–Crippen LogP) is 11.2. The van der Waals surface area contributed by atoms with Crippen LogP contribution < -0.4 is 0 Å². The fourth-order valence-corrected chi connectivity index (χ4v) is 14.2. The fraction of sp³-hybridized carbons (Fsp3) is 0.238. The second kappa shape index (κ2) is 10.9. The molecule has 0 amide bonds. The van der Waals surface area contributed by atoms with Crippen molar-refractivity contribution in [2.24, 2.45) is 0 Å². The fourth-order valence-electron chi connectivity index (χ4n) is 9.00. The van der Waals surface area contributed by atoms with E-state index in [4.69, 9.17) is 8.83 Å². The first-order chi connectivity index (χ1) is 21.9. The number of hydrogen-bond acceptors (Lipinski definition) is 2. The van der Waals surface area contributed by atoms with Crippen molar-refractivity contribution in [2.75, 3.05) is 0 Å². The zero-order chi connectivity index (χ0) is 30.7. The predicted molar refractivity (Wildman–Crippen MR) is 186 cm³/mol. The van der Waals surface area contributed by atoms with E-state index in [1.807, 2.05) is 0 Å².